The zero-order chi connectivity index (χ0) is 31.5. The number of carboxylic acids is 1. The molecule has 1 amide bonds. The molecule has 238 valence electrons. The van der Waals surface area contributed by atoms with Crippen LogP contribution in [0.15, 0.2) is 42.6 Å². The van der Waals surface area contributed by atoms with E-state index in [1.54, 1.807) is 39.8 Å². The van der Waals surface area contributed by atoms with Gasteiger partial charge in [-0.25, -0.2) is 4.79 Å². The van der Waals surface area contributed by atoms with E-state index in [0.29, 0.717) is 59.8 Å². The number of likely N-dealkylation sites (tertiary alicyclic amines) is 1. The molecule has 1 saturated heterocycles. The van der Waals surface area contributed by atoms with Gasteiger partial charge in [0.05, 0.1) is 23.4 Å². The number of aromatic nitrogens is 1. The Balaban J connectivity index is 1.54. The molecule has 0 radical (unpaired) electrons. The van der Waals surface area contributed by atoms with E-state index in [1.807, 2.05) is 19.1 Å². The monoisotopic (exact) mass is 603 g/mol. The van der Waals surface area contributed by atoms with Crippen molar-refractivity contribution in [1.29, 1.82) is 0 Å². The minimum Gasteiger partial charge on any atom is -0.494 e. The van der Waals surface area contributed by atoms with Gasteiger partial charge in [0.25, 0.3) is 5.91 Å². The van der Waals surface area contributed by atoms with Gasteiger partial charge in [-0.05, 0) is 100.0 Å². The lowest BCUT2D eigenvalue weighted by atomic mass is 9.98. The molecule has 4 rings (SSSR count). The topological polar surface area (TPSA) is 91.6 Å². The van der Waals surface area contributed by atoms with Gasteiger partial charge in [-0.15, -0.1) is 0 Å². The van der Waals surface area contributed by atoms with Crippen molar-refractivity contribution in [3.05, 3.63) is 70.5 Å². The molecule has 0 spiro atoms. The number of benzene rings is 1. The summed E-state index contributed by atoms with van der Waals surface area (Å²) in [6.45, 7) is 11.8. The average molecular weight is 604 g/mol. The van der Waals surface area contributed by atoms with Crippen molar-refractivity contribution in [1.82, 2.24) is 14.2 Å². The number of nitrogens with zero attached hydrogens (tertiary/aromatic N) is 3. The van der Waals surface area contributed by atoms with Crippen molar-refractivity contribution >= 4 is 23.2 Å². The van der Waals surface area contributed by atoms with Gasteiger partial charge in [-0.3, -0.25) is 9.59 Å². The van der Waals surface area contributed by atoms with Crippen molar-refractivity contribution in [2.75, 3.05) is 39.3 Å². The Morgan fingerprint density at radius 1 is 0.841 bits per heavy atom. The SMILES string of the molecule is CCCCc1c(C(=O)O)c2cc(C(=O)N3CCCC3)ccn2c1C(=O)c1ccc(OCCCN(CCCC)CCCC)cc1. The molecule has 1 aliphatic rings. The number of fused-ring (bicyclic) bond motifs is 1. The Bertz CT molecular complexity index is 1400. The number of pyridine rings is 1. The van der Waals surface area contributed by atoms with Gasteiger partial charge < -0.3 is 24.0 Å². The molecule has 44 heavy (non-hydrogen) atoms. The highest BCUT2D eigenvalue weighted by molar-refractivity contribution is 6.13. The molecule has 3 aromatic rings. The summed E-state index contributed by atoms with van der Waals surface area (Å²) in [6.07, 6.45) is 11.4. The Hall–Kier alpha value is -3.65. The third kappa shape index (κ3) is 8.08. The van der Waals surface area contributed by atoms with Gasteiger partial charge in [0.2, 0.25) is 5.78 Å². The van der Waals surface area contributed by atoms with Gasteiger partial charge in [0, 0.05) is 37.0 Å². The molecule has 1 N–H and O–H groups in total. The zero-order valence-corrected chi connectivity index (χ0v) is 26.8. The lowest BCUT2D eigenvalue weighted by Gasteiger charge is -2.21. The molecule has 0 saturated carbocycles. The second kappa shape index (κ2) is 16.4. The highest BCUT2D eigenvalue weighted by Crippen LogP contribution is 2.30. The number of rotatable bonds is 18. The predicted octanol–water partition coefficient (Wildman–Crippen LogP) is 7.12. The van der Waals surface area contributed by atoms with Gasteiger partial charge in [0.1, 0.15) is 5.75 Å². The minimum absolute atomic E-state index is 0.101. The number of aromatic carboxylic acids is 1. The van der Waals surface area contributed by atoms with E-state index in [-0.39, 0.29) is 17.3 Å². The van der Waals surface area contributed by atoms with E-state index in [9.17, 15) is 19.5 Å². The number of unbranched alkanes of at least 4 members (excludes halogenated alkanes) is 3. The van der Waals surface area contributed by atoms with E-state index >= 15 is 0 Å². The summed E-state index contributed by atoms with van der Waals surface area (Å²) in [5.41, 5.74) is 2.26. The van der Waals surface area contributed by atoms with E-state index in [2.05, 4.69) is 18.7 Å². The van der Waals surface area contributed by atoms with Crippen molar-refractivity contribution in [3.8, 4) is 5.75 Å². The number of carbonyl (C=O) groups is 3. The molecule has 0 atom stereocenters. The molecule has 1 aromatic carbocycles. The van der Waals surface area contributed by atoms with Crippen LogP contribution in [0.25, 0.3) is 5.52 Å². The molecule has 8 nitrogen and oxygen atoms in total. The normalized spacial score (nSPS) is 13.2. The fourth-order valence-corrected chi connectivity index (χ4v) is 6.04. The molecular weight excluding hydrogens is 554 g/mol. The predicted molar refractivity (Wildman–Crippen MR) is 174 cm³/mol. The maximum absolute atomic E-state index is 14.0. The largest absolute Gasteiger partial charge is 0.494 e. The Kier molecular flexibility index (Phi) is 12.4. The number of carboxylic acid groups (broad SMARTS) is 1. The number of ketones is 1. The Morgan fingerprint density at radius 2 is 1.48 bits per heavy atom. The van der Waals surface area contributed by atoms with Crippen molar-refractivity contribution in [3.63, 3.8) is 0 Å². The highest BCUT2D eigenvalue weighted by atomic mass is 16.5. The third-order valence-corrected chi connectivity index (χ3v) is 8.55. The van der Waals surface area contributed by atoms with Crippen LogP contribution in [0.5, 0.6) is 5.75 Å². The number of amides is 1. The summed E-state index contributed by atoms with van der Waals surface area (Å²) in [6, 6.07) is 10.5. The first-order valence-electron chi connectivity index (χ1n) is 16.6. The maximum Gasteiger partial charge on any atom is 0.338 e. The number of carbonyl (C=O) groups excluding carboxylic acids is 2. The summed E-state index contributed by atoms with van der Waals surface area (Å²) in [4.78, 5) is 44.0. The summed E-state index contributed by atoms with van der Waals surface area (Å²) in [5.74, 6) is -0.732. The molecule has 0 aliphatic carbocycles. The first kappa shape index (κ1) is 33.2. The molecule has 2 aromatic heterocycles. The lowest BCUT2D eigenvalue weighted by molar-refractivity contribution is 0.0696. The zero-order valence-electron chi connectivity index (χ0n) is 26.8. The standard InChI is InChI=1S/C36H49N3O5/c1-4-7-13-30-32(36(42)43)31-26-28(35(41)38-22-10-11-23-38)18-24-39(31)33(30)34(40)27-14-16-29(17-15-27)44-25-12-21-37(19-8-5-2)20-9-6-3/h14-18,24,26H,4-13,19-23,25H2,1-3H3,(H,42,43). The third-order valence-electron chi connectivity index (χ3n) is 8.55. The second-order valence-corrected chi connectivity index (χ2v) is 11.9. The maximum atomic E-state index is 14.0. The first-order chi connectivity index (χ1) is 21.4. The average Bonchev–Trinajstić information content (AvgIpc) is 3.69. The van der Waals surface area contributed by atoms with Crippen LogP contribution in [0.1, 0.15) is 121 Å². The van der Waals surface area contributed by atoms with Crippen LogP contribution >= 0.6 is 0 Å². The van der Waals surface area contributed by atoms with Crippen molar-refractivity contribution in [2.45, 2.75) is 85.0 Å². The van der Waals surface area contributed by atoms with E-state index in [1.165, 1.54) is 25.7 Å². The fraction of sp³-hybridized carbons (Fsp3) is 0.528. The number of ether oxygens (including phenoxy) is 1. The van der Waals surface area contributed by atoms with Crippen LogP contribution < -0.4 is 4.74 Å². The molecule has 0 bridgehead atoms. The van der Waals surface area contributed by atoms with E-state index in [4.69, 9.17) is 4.74 Å². The van der Waals surface area contributed by atoms with Crippen LogP contribution in [0.2, 0.25) is 0 Å². The van der Waals surface area contributed by atoms with Crippen LogP contribution in [-0.2, 0) is 6.42 Å². The minimum atomic E-state index is -1.09. The molecule has 1 fully saturated rings. The summed E-state index contributed by atoms with van der Waals surface area (Å²) >= 11 is 0. The van der Waals surface area contributed by atoms with Crippen LogP contribution in [0.3, 0.4) is 0 Å². The molecule has 0 unspecified atom stereocenters. The summed E-state index contributed by atoms with van der Waals surface area (Å²) in [5, 5.41) is 10.3. The first-order valence-corrected chi connectivity index (χ1v) is 16.6. The van der Waals surface area contributed by atoms with Crippen molar-refractivity contribution < 1.29 is 24.2 Å². The molecular formula is C36H49N3O5. The molecule has 3 heterocycles. The van der Waals surface area contributed by atoms with Gasteiger partial charge in [-0.2, -0.15) is 0 Å². The Labute approximate surface area is 262 Å². The quantitative estimate of drug-likeness (QED) is 0.123. The van der Waals surface area contributed by atoms with Gasteiger partial charge in [-0.1, -0.05) is 40.0 Å². The summed E-state index contributed by atoms with van der Waals surface area (Å²) < 4.78 is 7.67. The number of hydrogen-bond donors (Lipinski definition) is 1. The van der Waals surface area contributed by atoms with Gasteiger partial charge in [0.15, 0.2) is 0 Å². The van der Waals surface area contributed by atoms with Crippen LogP contribution in [0.4, 0.5) is 0 Å². The molecule has 1 aliphatic heterocycles. The second-order valence-electron chi connectivity index (χ2n) is 11.9. The smallest absolute Gasteiger partial charge is 0.338 e. The lowest BCUT2D eigenvalue weighted by Crippen LogP contribution is -2.28. The Morgan fingerprint density at radius 3 is 2.09 bits per heavy atom. The summed E-state index contributed by atoms with van der Waals surface area (Å²) in [7, 11) is 0. The van der Waals surface area contributed by atoms with Crippen LogP contribution in [0, 0.1) is 0 Å². The van der Waals surface area contributed by atoms with E-state index in [0.717, 1.165) is 51.7 Å². The number of hydrogen-bond acceptors (Lipinski definition) is 5. The highest BCUT2D eigenvalue weighted by Gasteiger charge is 2.29. The van der Waals surface area contributed by atoms with E-state index < -0.39 is 5.97 Å². The fourth-order valence-electron chi connectivity index (χ4n) is 6.04. The van der Waals surface area contributed by atoms with Gasteiger partial charge >= 0.3 is 5.97 Å². The van der Waals surface area contributed by atoms with Crippen molar-refractivity contribution in [2.24, 2.45) is 0 Å². The van der Waals surface area contributed by atoms with Crippen LogP contribution in [-0.4, -0.2) is 76.3 Å². The molecule has 8 heteroatoms.